The molecule has 0 aliphatic carbocycles. The van der Waals surface area contributed by atoms with Crippen molar-refractivity contribution >= 4 is 23.2 Å². The van der Waals surface area contributed by atoms with Crippen LogP contribution in [0.25, 0.3) is 0 Å². The molecule has 2 atom stereocenters. The van der Waals surface area contributed by atoms with E-state index in [0.717, 1.165) is 12.8 Å². The number of carbonyl (C=O) groups is 2. The second-order valence-corrected chi connectivity index (χ2v) is 6.46. The van der Waals surface area contributed by atoms with E-state index in [4.69, 9.17) is 0 Å². The number of hydrogen-bond acceptors (Lipinski definition) is 3. The summed E-state index contributed by atoms with van der Waals surface area (Å²) in [4.78, 5) is 27.9. The van der Waals surface area contributed by atoms with Crippen LogP contribution < -0.4 is 5.32 Å². The van der Waals surface area contributed by atoms with E-state index in [1.807, 2.05) is 13.8 Å². The summed E-state index contributed by atoms with van der Waals surface area (Å²) in [5.41, 5.74) is 1.28. The van der Waals surface area contributed by atoms with Gasteiger partial charge in [-0.05, 0) is 36.3 Å². The summed E-state index contributed by atoms with van der Waals surface area (Å²) in [6.45, 7) is 6.67. The summed E-state index contributed by atoms with van der Waals surface area (Å²) in [7, 11) is 0. The Kier molecular flexibility index (Phi) is 5.39. The molecule has 4 nitrogen and oxygen atoms in total. The average molecular weight is 308 g/mol. The summed E-state index contributed by atoms with van der Waals surface area (Å²) < 4.78 is 0. The van der Waals surface area contributed by atoms with E-state index in [1.54, 1.807) is 16.2 Å². The van der Waals surface area contributed by atoms with Crippen molar-refractivity contribution in [3.8, 4) is 0 Å². The fourth-order valence-corrected chi connectivity index (χ4v) is 3.85. The molecule has 0 radical (unpaired) electrons. The van der Waals surface area contributed by atoms with Crippen molar-refractivity contribution in [3.63, 3.8) is 0 Å². The molecule has 2 heterocycles. The van der Waals surface area contributed by atoms with Crippen LogP contribution in [0.15, 0.2) is 11.4 Å². The van der Waals surface area contributed by atoms with E-state index in [1.165, 1.54) is 10.4 Å². The first kappa shape index (κ1) is 16.0. The van der Waals surface area contributed by atoms with Crippen LogP contribution >= 0.6 is 11.3 Å². The normalized spacial score (nSPS) is 22.5. The zero-order chi connectivity index (χ0) is 15.4. The molecular weight excluding hydrogens is 284 g/mol. The van der Waals surface area contributed by atoms with E-state index in [-0.39, 0.29) is 23.9 Å². The first-order valence-electron chi connectivity index (χ1n) is 7.78. The molecule has 1 N–H and O–H groups in total. The van der Waals surface area contributed by atoms with Crippen LogP contribution in [0.5, 0.6) is 0 Å². The Labute approximate surface area is 130 Å². The topological polar surface area (TPSA) is 49.4 Å². The lowest BCUT2D eigenvalue weighted by molar-refractivity contribution is -0.150. The van der Waals surface area contributed by atoms with Gasteiger partial charge in [-0.25, -0.2) is 0 Å². The van der Waals surface area contributed by atoms with Crippen LogP contribution in [-0.4, -0.2) is 28.8 Å². The number of nitrogens with zero attached hydrogens (tertiary/aromatic N) is 1. The second-order valence-electron chi connectivity index (χ2n) is 5.46. The highest BCUT2D eigenvalue weighted by atomic mass is 32.1. The lowest BCUT2D eigenvalue weighted by Gasteiger charge is -2.38. The van der Waals surface area contributed by atoms with Gasteiger partial charge < -0.3 is 10.2 Å². The van der Waals surface area contributed by atoms with Gasteiger partial charge in [0, 0.05) is 4.88 Å². The quantitative estimate of drug-likeness (QED) is 0.878. The van der Waals surface area contributed by atoms with Crippen molar-refractivity contribution in [1.29, 1.82) is 0 Å². The predicted octanol–water partition coefficient (Wildman–Crippen LogP) is 2.72. The standard InChI is InChI=1S/C16H24N2O2S/c1-4-7-12-16(20)18(13(6-3)15(19)17-12)10-14-11(5-2)8-9-21-14/h8-9,12-13H,4-7,10H2,1-3H3,(H,17,19). The smallest absolute Gasteiger partial charge is 0.246 e. The molecule has 1 aromatic rings. The van der Waals surface area contributed by atoms with Crippen LogP contribution in [0.3, 0.4) is 0 Å². The van der Waals surface area contributed by atoms with Gasteiger partial charge in [0.2, 0.25) is 11.8 Å². The lowest BCUT2D eigenvalue weighted by atomic mass is 10.0. The zero-order valence-electron chi connectivity index (χ0n) is 13.0. The fraction of sp³-hybridized carbons (Fsp3) is 0.625. The van der Waals surface area contributed by atoms with Gasteiger partial charge in [-0.15, -0.1) is 11.3 Å². The van der Waals surface area contributed by atoms with Crippen molar-refractivity contribution in [3.05, 3.63) is 21.9 Å². The Morgan fingerprint density at radius 1 is 1.29 bits per heavy atom. The second kappa shape index (κ2) is 7.07. The molecule has 116 valence electrons. The fourth-order valence-electron chi connectivity index (χ4n) is 2.88. The zero-order valence-corrected chi connectivity index (χ0v) is 13.8. The highest BCUT2D eigenvalue weighted by Crippen LogP contribution is 2.24. The van der Waals surface area contributed by atoms with Crippen molar-refractivity contribution in [2.24, 2.45) is 0 Å². The van der Waals surface area contributed by atoms with Gasteiger partial charge >= 0.3 is 0 Å². The third-order valence-corrected chi connectivity index (χ3v) is 5.02. The molecule has 21 heavy (non-hydrogen) atoms. The van der Waals surface area contributed by atoms with Gasteiger partial charge in [0.25, 0.3) is 0 Å². The molecule has 2 amide bonds. The number of carbonyl (C=O) groups excluding carboxylic acids is 2. The summed E-state index contributed by atoms with van der Waals surface area (Å²) in [5.74, 6) is 0.0592. The maximum Gasteiger partial charge on any atom is 0.246 e. The Hall–Kier alpha value is -1.36. The van der Waals surface area contributed by atoms with Crippen molar-refractivity contribution in [2.45, 2.75) is 65.1 Å². The maximum absolute atomic E-state index is 12.7. The summed E-state index contributed by atoms with van der Waals surface area (Å²) >= 11 is 1.67. The van der Waals surface area contributed by atoms with Crippen molar-refractivity contribution in [1.82, 2.24) is 10.2 Å². The van der Waals surface area contributed by atoms with Gasteiger partial charge in [-0.2, -0.15) is 0 Å². The largest absolute Gasteiger partial charge is 0.343 e. The molecule has 2 unspecified atom stereocenters. The van der Waals surface area contributed by atoms with Crippen molar-refractivity contribution in [2.75, 3.05) is 0 Å². The van der Waals surface area contributed by atoms with E-state index >= 15 is 0 Å². The number of amides is 2. The molecule has 0 aromatic carbocycles. The Morgan fingerprint density at radius 2 is 2.05 bits per heavy atom. The SMILES string of the molecule is CCCC1NC(=O)C(CC)N(Cc2sccc2CC)C1=O. The van der Waals surface area contributed by atoms with Crippen molar-refractivity contribution < 1.29 is 9.59 Å². The minimum absolute atomic E-state index is 0.00912. The number of nitrogens with one attached hydrogen (secondary N) is 1. The molecule has 0 saturated carbocycles. The molecule has 1 aromatic heterocycles. The first-order chi connectivity index (χ1) is 10.1. The maximum atomic E-state index is 12.7. The Balaban J connectivity index is 2.23. The average Bonchev–Trinajstić information content (AvgIpc) is 2.92. The number of hydrogen-bond donors (Lipinski definition) is 1. The van der Waals surface area contributed by atoms with E-state index < -0.39 is 0 Å². The Morgan fingerprint density at radius 3 is 2.67 bits per heavy atom. The molecule has 2 rings (SSSR count). The minimum Gasteiger partial charge on any atom is -0.343 e. The number of rotatable bonds is 6. The minimum atomic E-state index is -0.352. The molecule has 5 heteroatoms. The molecule has 1 aliphatic rings. The number of aryl methyl sites for hydroxylation is 1. The molecule has 0 spiro atoms. The molecule has 1 saturated heterocycles. The molecule has 1 fully saturated rings. The van der Waals surface area contributed by atoms with Gasteiger partial charge in [0.05, 0.1) is 6.54 Å². The molecular formula is C16H24N2O2S. The molecule has 1 aliphatic heterocycles. The van der Waals surface area contributed by atoms with Gasteiger partial charge in [-0.1, -0.05) is 27.2 Å². The first-order valence-corrected chi connectivity index (χ1v) is 8.66. The van der Waals surface area contributed by atoms with Gasteiger partial charge in [0.15, 0.2) is 0 Å². The lowest BCUT2D eigenvalue weighted by Crippen LogP contribution is -2.62. The van der Waals surface area contributed by atoms with Crippen LogP contribution in [0, 0.1) is 0 Å². The van der Waals surface area contributed by atoms with Crippen LogP contribution in [0.2, 0.25) is 0 Å². The predicted molar refractivity (Wildman–Crippen MR) is 85.2 cm³/mol. The Bertz CT molecular complexity index is 512. The molecule has 0 bridgehead atoms. The van der Waals surface area contributed by atoms with E-state index in [2.05, 4.69) is 23.7 Å². The third-order valence-electron chi connectivity index (χ3n) is 4.07. The summed E-state index contributed by atoms with van der Waals surface area (Å²) in [6, 6.07) is 1.42. The van der Waals surface area contributed by atoms with Gasteiger partial charge in [0.1, 0.15) is 12.1 Å². The van der Waals surface area contributed by atoms with Crippen LogP contribution in [0.4, 0.5) is 0 Å². The highest BCUT2D eigenvalue weighted by Gasteiger charge is 2.39. The van der Waals surface area contributed by atoms with Crippen LogP contribution in [0.1, 0.15) is 50.5 Å². The summed E-state index contributed by atoms with van der Waals surface area (Å²) in [5, 5.41) is 4.94. The van der Waals surface area contributed by atoms with Gasteiger partial charge in [-0.3, -0.25) is 9.59 Å². The van der Waals surface area contributed by atoms with E-state index in [0.29, 0.717) is 19.4 Å². The summed E-state index contributed by atoms with van der Waals surface area (Å²) in [6.07, 6.45) is 3.22. The number of thiophene rings is 1. The van der Waals surface area contributed by atoms with E-state index in [9.17, 15) is 9.59 Å². The third kappa shape index (κ3) is 3.28. The monoisotopic (exact) mass is 308 g/mol. The highest BCUT2D eigenvalue weighted by molar-refractivity contribution is 7.10. The van der Waals surface area contributed by atoms with Crippen LogP contribution in [-0.2, 0) is 22.6 Å². The number of piperazine rings is 1.